The van der Waals surface area contributed by atoms with Gasteiger partial charge >= 0.3 is 6.09 Å². The summed E-state index contributed by atoms with van der Waals surface area (Å²) in [6.45, 7) is 3.30. The normalized spacial score (nSPS) is 26.8. The van der Waals surface area contributed by atoms with Crippen LogP contribution in [0.2, 0.25) is 5.02 Å². The summed E-state index contributed by atoms with van der Waals surface area (Å²) in [6, 6.07) is 7.53. The van der Waals surface area contributed by atoms with Crippen molar-refractivity contribution in [2.75, 3.05) is 32.0 Å². The molecule has 1 amide bonds. The molecule has 1 N–H and O–H groups in total. The summed E-state index contributed by atoms with van der Waals surface area (Å²) >= 11 is 7.54. The van der Waals surface area contributed by atoms with Gasteiger partial charge in [-0.3, -0.25) is 5.32 Å². The zero-order valence-corrected chi connectivity index (χ0v) is 18.2. The van der Waals surface area contributed by atoms with E-state index in [1.807, 2.05) is 24.3 Å². The Kier molecular flexibility index (Phi) is 6.11. The molecule has 1 aromatic carbocycles. The van der Waals surface area contributed by atoms with Gasteiger partial charge < -0.3 is 33.2 Å². The number of thiazole rings is 1. The van der Waals surface area contributed by atoms with Crippen molar-refractivity contribution >= 4 is 34.8 Å². The molecule has 0 aliphatic carbocycles. The minimum Gasteiger partial charge on any atom is -1.00 e. The number of benzene rings is 1. The van der Waals surface area contributed by atoms with Gasteiger partial charge in [0.15, 0.2) is 11.9 Å². The van der Waals surface area contributed by atoms with Crippen molar-refractivity contribution in [3.8, 4) is 10.4 Å². The number of carbonyl (C=O) groups excluding carboxylic acids is 1. The Hall–Kier alpha value is -0.900. The summed E-state index contributed by atoms with van der Waals surface area (Å²) in [7, 11) is 2.25. The van der Waals surface area contributed by atoms with E-state index in [0.717, 1.165) is 34.3 Å². The average molecular weight is 506 g/mol. The average Bonchev–Trinajstić information content (AvgIpc) is 3.03. The molecule has 26 heavy (non-hydrogen) atoms. The molecule has 0 unspecified atom stereocenters. The molecule has 8 heteroatoms. The molecular weight excluding hydrogens is 485 g/mol. The Morgan fingerprint density at radius 2 is 2.15 bits per heavy atom. The first kappa shape index (κ1) is 19.9. The van der Waals surface area contributed by atoms with Crippen LogP contribution in [0.4, 0.5) is 10.6 Å². The SMILES string of the molecule is C[N+]12CCC(CC1)[C@@H](OC(=O)Nc1ncsc1-c1cccc(Cl)c1)C2.[I-]. The lowest BCUT2D eigenvalue weighted by atomic mass is 9.84. The molecule has 2 bridgehead atoms. The number of hydrogen-bond donors (Lipinski definition) is 1. The molecule has 0 radical (unpaired) electrons. The van der Waals surface area contributed by atoms with Crippen LogP contribution in [-0.4, -0.2) is 48.3 Å². The summed E-state index contributed by atoms with van der Waals surface area (Å²) < 4.78 is 6.76. The van der Waals surface area contributed by atoms with Crippen molar-refractivity contribution in [3.63, 3.8) is 0 Å². The summed E-state index contributed by atoms with van der Waals surface area (Å²) in [4.78, 5) is 17.6. The van der Waals surface area contributed by atoms with Gasteiger partial charge in [-0.15, -0.1) is 11.3 Å². The number of halogens is 2. The lowest BCUT2D eigenvalue weighted by Gasteiger charge is -2.49. The number of nitrogens with one attached hydrogen (secondary N) is 1. The highest BCUT2D eigenvalue weighted by Gasteiger charge is 2.45. The quantitative estimate of drug-likeness (QED) is 0.505. The predicted molar refractivity (Wildman–Crippen MR) is 100.0 cm³/mol. The maximum absolute atomic E-state index is 12.4. The van der Waals surface area contributed by atoms with Crippen molar-refractivity contribution in [1.29, 1.82) is 0 Å². The minimum atomic E-state index is -0.417. The van der Waals surface area contributed by atoms with Crippen molar-refractivity contribution in [2.24, 2.45) is 5.92 Å². The van der Waals surface area contributed by atoms with E-state index in [9.17, 15) is 4.79 Å². The summed E-state index contributed by atoms with van der Waals surface area (Å²) in [5.41, 5.74) is 2.65. The fraction of sp³-hybridized carbons (Fsp3) is 0.444. The van der Waals surface area contributed by atoms with E-state index in [1.165, 1.54) is 24.4 Å². The molecule has 5 nitrogen and oxygen atoms in total. The van der Waals surface area contributed by atoms with Crippen LogP contribution in [0.5, 0.6) is 0 Å². The van der Waals surface area contributed by atoms with Crippen LogP contribution >= 0.6 is 22.9 Å². The van der Waals surface area contributed by atoms with E-state index in [0.29, 0.717) is 16.8 Å². The standard InChI is InChI=1S/C18H20ClN3O2S.HI/c1-22-7-5-12(6-8-22)15(10-22)24-18(23)21-17-16(25-11-20-17)13-3-2-4-14(19)9-13;/h2-4,9,11-12,15H,5-8,10H2,1H3;1H/t12?,15-,22?;/m0./s1. The van der Waals surface area contributed by atoms with E-state index < -0.39 is 6.09 Å². The van der Waals surface area contributed by atoms with Gasteiger partial charge in [0.25, 0.3) is 0 Å². The van der Waals surface area contributed by atoms with Gasteiger partial charge in [0.2, 0.25) is 0 Å². The Balaban J connectivity index is 0.00000196. The molecule has 2 aromatic rings. The van der Waals surface area contributed by atoms with E-state index in [1.54, 1.807) is 5.51 Å². The lowest BCUT2D eigenvalue weighted by molar-refractivity contribution is -0.928. The maximum atomic E-state index is 12.4. The highest BCUT2D eigenvalue weighted by molar-refractivity contribution is 7.13. The van der Waals surface area contributed by atoms with Crippen molar-refractivity contribution in [1.82, 2.24) is 4.98 Å². The molecule has 0 spiro atoms. The summed E-state index contributed by atoms with van der Waals surface area (Å²) in [5.74, 6) is 1.02. The third-order valence-corrected chi connectivity index (χ3v) is 6.47. The first-order chi connectivity index (χ1) is 12.0. The van der Waals surface area contributed by atoms with E-state index in [4.69, 9.17) is 16.3 Å². The fourth-order valence-electron chi connectivity index (χ4n) is 3.92. The van der Waals surface area contributed by atoms with Crippen LogP contribution in [0.15, 0.2) is 29.8 Å². The molecule has 3 saturated heterocycles. The number of hydrogen-bond acceptors (Lipinski definition) is 4. The fourth-order valence-corrected chi connectivity index (χ4v) is 4.85. The molecular formula is C18H21ClIN3O2S. The van der Waals surface area contributed by atoms with Gasteiger partial charge in [-0.2, -0.15) is 0 Å². The van der Waals surface area contributed by atoms with Gasteiger partial charge in [-0.05, 0) is 17.7 Å². The van der Waals surface area contributed by atoms with Crippen LogP contribution in [0, 0.1) is 5.92 Å². The van der Waals surface area contributed by atoms with Crippen molar-refractivity contribution in [2.45, 2.75) is 18.9 Å². The summed E-state index contributed by atoms with van der Waals surface area (Å²) in [6.07, 6.45) is 1.86. The number of aromatic nitrogens is 1. The molecule has 140 valence electrons. The predicted octanol–water partition coefficient (Wildman–Crippen LogP) is 1.25. The van der Waals surface area contributed by atoms with Crippen LogP contribution in [0.25, 0.3) is 10.4 Å². The number of carbonyl (C=O) groups is 1. The highest BCUT2D eigenvalue weighted by Crippen LogP contribution is 2.35. The maximum Gasteiger partial charge on any atom is 0.413 e. The smallest absolute Gasteiger partial charge is 0.413 e. The Labute approximate surface area is 179 Å². The van der Waals surface area contributed by atoms with Crippen LogP contribution in [-0.2, 0) is 4.74 Å². The van der Waals surface area contributed by atoms with Gasteiger partial charge in [-0.1, -0.05) is 23.7 Å². The molecule has 1 aromatic heterocycles. The Morgan fingerprint density at radius 1 is 1.38 bits per heavy atom. The van der Waals surface area contributed by atoms with Crippen molar-refractivity contribution in [3.05, 3.63) is 34.8 Å². The number of piperidine rings is 3. The topological polar surface area (TPSA) is 51.2 Å². The molecule has 5 rings (SSSR count). The molecule has 1 atom stereocenters. The second kappa shape index (κ2) is 8.00. The summed E-state index contributed by atoms with van der Waals surface area (Å²) in [5, 5.41) is 3.47. The van der Waals surface area contributed by atoms with Gasteiger partial charge in [0.1, 0.15) is 6.54 Å². The molecule has 3 aliphatic heterocycles. The highest BCUT2D eigenvalue weighted by atomic mass is 127. The molecule has 3 aliphatic rings. The van der Waals surface area contributed by atoms with Gasteiger partial charge in [-0.25, -0.2) is 9.78 Å². The molecule has 0 saturated carbocycles. The van der Waals surface area contributed by atoms with Crippen LogP contribution in [0.1, 0.15) is 12.8 Å². The lowest BCUT2D eigenvalue weighted by Crippen LogP contribution is -3.00. The number of ether oxygens (including phenoxy) is 1. The van der Waals surface area contributed by atoms with E-state index >= 15 is 0 Å². The molecule has 3 fully saturated rings. The van der Waals surface area contributed by atoms with Gasteiger partial charge in [0, 0.05) is 23.8 Å². The number of rotatable bonds is 3. The second-order valence-electron chi connectivity index (χ2n) is 7.20. The Morgan fingerprint density at radius 3 is 2.85 bits per heavy atom. The van der Waals surface area contributed by atoms with E-state index in [-0.39, 0.29) is 30.1 Å². The number of quaternary nitrogens is 1. The zero-order chi connectivity index (χ0) is 17.4. The number of anilines is 1. The van der Waals surface area contributed by atoms with Crippen molar-refractivity contribution < 1.29 is 38.0 Å². The Bertz CT molecular complexity index is 792. The van der Waals surface area contributed by atoms with Crippen LogP contribution < -0.4 is 29.3 Å². The minimum absolute atomic E-state index is 0. The first-order valence-corrected chi connectivity index (χ1v) is 9.79. The van der Waals surface area contributed by atoms with Crippen LogP contribution in [0.3, 0.4) is 0 Å². The molecule has 4 heterocycles. The van der Waals surface area contributed by atoms with E-state index in [2.05, 4.69) is 17.3 Å². The number of likely N-dealkylation sites (N-methyl/N-ethyl adjacent to an activating group) is 1. The number of amides is 1. The monoisotopic (exact) mass is 505 g/mol. The third-order valence-electron chi connectivity index (χ3n) is 5.36. The van der Waals surface area contributed by atoms with Gasteiger partial charge in [0.05, 0.1) is 30.5 Å². The third kappa shape index (κ3) is 4.16. The zero-order valence-electron chi connectivity index (χ0n) is 14.5. The largest absolute Gasteiger partial charge is 1.00 e. The second-order valence-corrected chi connectivity index (χ2v) is 8.49. The first-order valence-electron chi connectivity index (χ1n) is 8.53. The number of fused-ring (bicyclic) bond motifs is 3. The number of nitrogens with zero attached hydrogens (tertiary/aromatic N) is 2.